The second-order valence-electron chi connectivity index (χ2n) is 6.48. The van der Waals surface area contributed by atoms with Crippen LogP contribution >= 0.6 is 0 Å². The van der Waals surface area contributed by atoms with E-state index in [1.165, 1.54) is 11.1 Å². The Morgan fingerprint density at radius 3 is 2.84 bits per heavy atom. The lowest BCUT2D eigenvalue weighted by Crippen LogP contribution is -2.46. The minimum atomic E-state index is 0.320. The molecule has 0 N–H and O–H groups in total. The SMILES string of the molecule is COc1cccc(CCc2ccccc2OCC2COCCN2C)c1. The maximum absolute atomic E-state index is 6.13. The Balaban J connectivity index is 1.60. The van der Waals surface area contributed by atoms with E-state index >= 15 is 0 Å². The molecule has 0 bridgehead atoms. The molecule has 2 aromatic carbocycles. The van der Waals surface area contributed by atoms with Crippen LogP contribution in [0.3, 0.4) is 0 Å². The summed E-state index contributed by atoms with van der Waals surface area (Å²) in [5.41, 5.74) is 2.51. The van der Waals surface area contributed by atoms with Crippen LogP contribution in [0, 0.1) is 0 Å². The number of morpholine rings is 1. The number of benzene rings is 2. The van der Waals surface area contributed by atoms with Crippen LogP contribution in [0.25, 0.3) is 0 Å². The number of para-hydroxylation sites is 1. The number of likely N-dealkylation sites (N-methyl/N-ethyl adjacent to an activating group) is 1. The smallest absolute Gasteiger partial charge is 0.122 e. The summed E-state index contributed by atoms with van der Waals surface area (Å²) in [6, 6.07) is 16.9. The van der Waals surface area contributed by atoms with Crippen molar-refractivity contribution >= 4 is 0 Å². The lowest BCUT2D eigenvalue weighted by atomic mass is 10.0. The molecule has 4 nitrogen and oxygen atoms in total. The lowest BCUT2D eigenvalue weighted by Gasteiger charge is -2.32. The summed E-state index contributed by atoms with van der Waals surface area (Å²) in [6.45, 7) is 3.17. The van der Waals surface area contributed by atoms with Gasteiger partial charge in [-0.15, -0.1) is 0 Å². The van der Waals surface area contributed by atoms with Crippen LogP contribution in [0.15, 0.2) is 48.5 Å². The van der Waals surface area contributed by atoms with E-state index in [1.54, 1.807) is 7.11 Å². The lowest BCUT2D eigenvalue weighted by molar-refractivity contribution is -0.0109. The summed E-state index contributed by atoms with van der Waals surface area (Å²) in [7, 11) is 3.83. The van der Waals surface area contributed by atoms with Gasteiger partial charge in [-0.05, 0) is 49.2 Å². The first-order valence-corrected chi connectivity index (χ1v) is 8.88. The Bertz CT molecular complexity index is 674. The molecule has 1 atom stereocenters. The molecular formula is C21H27NO3. The molecular weight excluding hydrogens is 314 g/mol. The molecule has 134 valence electrons. The Morgan fingerprint density at radius 2 is 2.00 bits per heavy atom. The first-order chi connectivity index (χ1) is 12.3. The maximum Gasteiger partial charge on any atom is 0.122 e. The molecule has 25 heavy (non-hydrogen) atoms. The summed E-state index contributed by atoms with van der Waals surface area (Å²) in [4.78, 5) is 2.31. The van der Waals surface area contributed by atoms with Crippen molar-refractivity contribution in [2.24, 2.45) is 0 Å². The number of rotatable bonds is 7. The Kier molecular flexibility index (Phi) is 6.31. The van der Waals surface area contributed by atoms with Crippen molar-refractivity contribution in [1.82, 2.24) is 4.90 Å². The fraction of sp³-hybridized carbons (Fsp3) is 0.429. The largest absolute Gasteiger partial charge is 0.497 e. The van der Waals surface area contributed by atoms with E-state index < -0.39 is 0 Å². The van der Waals surface area contributed by atoms with Crippen LogP contribution in [-0.2, 0) is 17.6 Å². The number of nitrogens with zero attached hydrogens (tertiary/aromatic N) is 1. The number of ether oxygens (including phenoxy) is 3. The molecule has 0 spiro atoms. The molecule has 0 aliphatic carbocycles. The van der Waals surface area contributed by atoms with Crippen molar-refractivity contribution in [3.63, 3.8) is 0 Å². The van der Waals surface area contributed by atoms with Gasteiger partial charge < -0.3 is 14.2 Å². The quantitative estimate of drug-likeness (QED) is 0.774. The van der Waals surface area contributed by atoms with Gasteiger partial charge in [0.2, 0.25) is 0 Å². The van der Waals surface area contributed by atoms with Gasteiger partial charge in [0, 0.05) is 6.54 Å². The third-order valence-corrected chi connectivity index (χ3v) is 4.74. The van der Waals surface area contributed by atoms with Crippen LogP contribution < -0.4 is 9.47 Å². The van der Waals surface area contributed by atoms with Gasteiger partial charge in [0.25, 0.3) is 0 Å². The topological polar surface area (TPSA) is 30.9 Å². The van der Waals surface area contributed by atoms with Crippen LogP contribution in [0.5, 0.6) is 11.5 Å². The van der Waals surface area contributed by atoms with E-state index in [0.717, 1.165) is 44.1 Å². The van der Waals surface area contributed by atoms with Crippen molar-refractivity contribution in [1.29, 1.82) is 0 Å². The van der Waals surface area contributed by atoms with E-state index in [-0.39, 0.29) is 0 Å². The van der Waals surface area contributed by atoms with Crippen LogP contribution in [0.1, 0.15) is 11.1 Å². The fourth-order valence-electron chi connectivity index (χ4n) is 3.06. The molecule has 0 aromatic heterocycles. The van der Waals surface area contributed by atoms with Crippen molar-refractivity contribution < 1.29 is 14.2 Å². The van der Waals surface area contributed by atoms with E-state index in [2.05, 4.69) is 42.3 Å². The first-order valence-electron chi connectivity index (χ1n) is 8.88. The molecule has 1 heterocycles. The summed E-state index contributed by atoms with van der Waals surface area (Å²) in [5, 5.41) is 0. The highest BCUT2D eigenvalue weighted by molar-refractivity contribution is 5.35. The van der Waals surface area contributed by atoms with Gasteiger partial charge in [-0.2, -0.15) is 0 Å². The van der Waals surface area contributed by atoms with Crippen LogP contribution in [0.4, 0.5) is 0 Å². The summed E-state index contributed by atoms with van der Waals surface area (Å²) in [6.07, 6.45) is 1.91. The van der Waals surface area contributed by atoms with Gasteiger partial charge >= 0.3 is 0 Å². The Morgan fingerprint density at radius 1 is 1.12 bits per heavy atom. The monoisotopic (exact) mass is 341 g/mol. The van der Waals surface area contributed by atoms with Crippen molar-refractivity contribution in [3.05, 3.63) is 59.7 Å². The summed E-state index contributed by atoms with van der Waals surface area (Å²) < 4.78 is 17.0. The van der Waals surface area contributed by atoms with Gasteiger partial charge in [0.05, 0.1) is 26.4 Å². The molecule has 0 saturated carbocycles. The van der Waals surface area contributed by atoms with E-state index in [0.29, 0.717) is 12.6 Å². The highest BCUT2D eigenvalue weighted by atomic mass is 16.5. The molecule has 0 amide bonds. The number of methoxy groups -OCH3 is 1. The molecule has 3 rings (SSSR count). The second kappa shape index (κ2) is 8.88. The first kappa shape index (κ1) is 17.8. The number of hydrogen-bond acceptors (Lipinski definition) is 4. The van der Waals surface area contributed by atoms with Crippen LogP contribution in [-0.4, -0.2) is 51.5 Å². The molecule has 2 aromatic rings. The average molecular weight is 341 g/mol. The zero-order chi connectivity index (χ0) is 17.5. The Labute approximate surface area is 150 Å². The van der Waals surface area contributed by atoms with Gasteiger partial charge in [0.15, 0.2) is 0 Å². The Hall–Kier alpha value is -2.04. The molecule has 1 fully saturated rings. The fourth-order valence-corrected chi connectivity index (χ4v) is 3.06. The predicted octanol–water partition coefficient (Wildman–Crippen LogP) is 3.19. The van der Waals surface area contributed by atoms with E-state index in [1.807, 2.05) is 18.2 Å². The molecule has 4 heteroatoms. The predicted molar refractivity (Wildman–Crippen MR) is 99.6 cm³/mol. The summed E-state index contributed by atoms with van der Waals surface area (Å²) >= 11 is 0. The van der Waals surface area contributed by atoms with Gasteiger partial charge in [0.1, 0.15) is 18.1 Å². The van der Waals surface area contributed by atoms with Crippen molar-refractivity contribution in [3.8, 4) is 11.5 Å². The molecule has 0 radical (unpaired) electrons. The number of aryl methyl sites for hydroxylation is 2. The summed E-state index contributed by atoms with van der Waals surface area (Å²) in [5.74, 6) is 1.88. The third-order valence-electron chi connectivity index (χ3n) is 4.74. The van der Waals surface area contributed by atoms with Gasteiger partial charge in [-0.1, -0.05) is 30.3 Å². The van der Waals surface area contributed by atoms with Crippen molar-refractivity contribution in [2.45, 2.75) is 18.9 Å². The van der Waals surface area contributed by atoms with E-state index in [9.17, 15) is 0 Å². The van der Waals surface area contributed by atoms with Gasteiger partial charge in [-0.25, -0.2) is 0 Å². The molecule has 1 aliphatic heterocycles. The van der Waals surface area contributed by atoms with E-state index in [4.69, 9.17) is 14.2 Å². The second-order valence-corrected chi connectivity index (χ2v) is 6.48. The minimum absolute atomic E-state index is 0.320. The number of hydrogen-bond donors (Lipinski definition) is 0. The minimum Gasteiger partial charge on any atom is -0.497 e. The van der Waals surface area contributed by atoms with Gasteiger partial charge in [-0.3, -0.25) is 4.90 Å². The zero-order valence-electron chi connectivity index (χ0n) is 15.1. The zero-order valence-corrected chi connectivity index (χ0v) is 15.1. The maximum atomic E-state index is 6.13. The normalized spacial score (nSPS) is 18.1. The average Bonchev–Trinajstić information content (AvgIpc) is 2.66. The molecule has 1 aliphatic rings. The molecule has 1 saturated heterocycles. The highest BCUT2D eigenvalue weighted by Gasteiger charge is 2.20. The highest BCUT2D eigenvalue weighted by Crippen LogP contribution is 2.22. The van der Waals surface area contributed by atoms with Crippen LogP contribution in [0.2, 0.25) is 0 Å². The standard InChI is InChI=1S/C21H27NO3/c1-22-12-13-24-15-19(22)16-25-21-9-4-3-7-18(21)11-10-17-6-5-8-20(14-17)23-2/h3-9,14,19H,10-13,15-16H2,1-2H3. The van der Waals surface area contributed by atoms with Crippen molar-refractivity contribution in [2.75, 3.05) is 40.5 Å². The third kappa shape index (κ3) is 4.97. The molecule has 1 unspecified atom stereocenters.